The molecule has 0 N–H and O–H groups in total. The predicted molar refractivity (Wildman–Crippen MR) is 111 cm³/mol. The number of Topliss-reactive ketones (excluding diaryl/α,β-unsaturated/α-hetero) is 1. The van der Waals surface area contributed by atoms with Gasteiger partial charge in [-0.25, -0.2) is 0 Å². The number of hydrogen-bond acceptors (Lipinski definition) is 7. The molecule has 0 radical (unpaired) electrons. The van der Waals surface area contributed by atoms with Crippen molar-refractivity contribution in [3.63, 3.8) is 0 Å². The number of carbonyl (C=O) groups excluding carboxylic acids is 2. The summed E-state index contributed by atoms with van der Waals surface area (Å²) in [6.45, 7) is 1.25. The third-order valence-electron chi connectivity index (χ3n) is 3.95. The van der Waals surface area contributed by atoms with Gasteiger partial charge in [0.05, 0.1) is 34.0 Å². The first-order valence-corrected chi connectivity index (χ1v) is 9.31. The van der Waals surface area contributed by atoms with Crippen molar-refractivity contribution < 1.29 is 33.3 Å². The molecule has 0 amide bonds. The molecule has 0 saturated heterocycles. The fraction of sp³-hybridized carbons (Fsp3) is 0.300. The minimum absolute atomic E-state index is 0.0369. The summed E-state index contributed by atoms with van der Waals surface area (Å²) in [5.74, 6) is 0.869. The summed E-state index contributed by atoms with van der Waals surface area (Å²) < 4.78 is 27.2. The molecule has 0 bridgehead atoms. The Morgan fingerprint density at radius 3 is 2.00 bits per heavy atom. The lowest BCUT2D eigenvalue weighted by Crippen LogP contribution is -2.12. The normalized spacial score (nSPS) is 10.2. The summed E-state index contributed by atoms with van der Waals surface area (Å²) in [5.41, 5.74) is 0.977. The maximum absolute atomic E-state index is 13.0. The van der Waals surface area contributed by atoms with Gasteiger partial charge in [-0.2, -0.15) is 0 Å². The number of halogens is 1. The van der Waals surface area contributed by atoms with Gasteiger partial charge in [0.15, 0.2) is 28.8 Å². The summed E-state index contributed by atoms with van der Waals surface area (Å²) in [5, 5.41) is 0. The number of hydrogen-bond donors (Lipinski definition) is 0. The van der Waals surface area contributed by atoms with E-state index < -0.39 is 5.97 Å². The topological polar surface area (TPSA) is 80.3 Å². The second-order valence-electron chi connectivity index (χ2n) is 5.67. The van der Waals surface area contributed by atoms with Crippen LogP contribution in [0.15, 0.2) is 24.3 Å². The Morgan fingerprint density at radius 1 is 0.857 bits per heavy atom. The van der Waals surface area contributed by atoms with Crippen LogP contribution in [0.4, 0.5) is 0 Å². The van der Waals surface area contributed by atoms with Gasteiger partial charge in [-0.1, -0.05) is 0 Å². The van der Waals surface area contributed by atoms with Crippen LogP contribution in [0.25, 0.3) is 0 Å². The van der Waals surface area contributed by atoms with Crippen LogP contribution in [0, 0.1) is 3.57 Å². The number of ether oxygens (including phenoxy) is 5. The standard InChI is InChI=1S/C20H21IO7/c1-11(22)28-19-13(6-7-16(24-2)20(19)27-5)15(23)8-12-9-17(25-3)18(26-4)10-14(12)21/h6-7,9-10H,8H2,1-5H3. The Bertz CT molecular complexity index is 893. The molecule has 8 heteroatoms. The average molecular weight is 500 g/mol. The van der Waals surface area contributed by atoms with Crippen LogP contribution in [0.1, 0.15) is 22.8 Å². The summed E-state index contributed by atoms with van der Waals surface area (Å²) in [4.78, 5) is 24.6. The smallest absolute Gasteiger partial charge is 0.308 e. The molecule has 0 fully saturated rings. The maximum atomic E-state index is 13.0. The molecule has 0 spiro atoms. The zero-order valence-electron chi connectivity index (χ0n) is 16.3. The molecule has 0 unspecified atom stereocenters. The van der Waals surface area contributed by atoms with E-state index in [9.17, 15) is 9.59 Å². The molecule has 7 nitrogen and oxygen atoms in total. The summed E-state index contributed by atoms with van der Waals surface area (Å²) in [6, 6.07) is 6.70. The Labute approximate surface area is 177 Å². The Morgan fingerprint density at radius 2 is 1.46 bits per heavy atom. The van der Waals surface area contributed by atoms with Crippen LogP contribution in [0.2, 0.25) is 0 Å². The summed E-state index contributed by atoms with van der Waals surface area (Å²) >= 11 is 2.13. The van der Waals surface area contributed by atoms with Gasteiger partial charge in [-0.05, 0) is 52.4 Å². The maximum Gasteiger partial charge on any atom is 0.308 e. The van der Waals surface area contributed by atoms with Gasteiger partial charge in [-0.3, -0.25) is 9.59 Å². The van der Waals surface area contributed by atoms with Crippen molar-refractivity contribution in [3.8, 4) is 28.7 Å². The van der Waals surface area contributed by atoms with Crippen molar-refractivity contribution >= 4 is 34.3 Å². The van der Waals surface area contributed by atoms with E-state index >= 15 is 0 Å². The van der Waals surface area contributed by atoms with E-state index in [2.05, 4.69) is 22.6 Å². The van der Waals surface area contributed by atoms with Gasteiger partial charge in [0.2, 0.25) is 5.75 Å². The minimum atomic E-state index is -0.568. The van der Waals surface area contributed by atoms with E-state index in [1.165, 1.54) is 28.3 Å². The third kappa shape index (κ3) is 4.67. The van der Waals surface area contributed by atoms with Crippen LogP contribution in [0.3, 0.4) is 0 Å². The number of benzene rings is 2. The van der Waals surface area contributed by atoms with E-state index in [-0.39, 0.29) is 29.3 Å². The van der Waals surface area contributed by atoms with Crippen molar-refractivity contribution in [1.82, 2.24) is 0 Å². The summed E-state index contributed by atoms with van der Waals surface area (Å²) in [7, 11) is 5.95. The van der Waals surface area contributed by atoms with E-state index in [4.69, 9.17) is 23.7 Å². The first kappa shape index (κ1) is 21.8. The first-order valence-electron chi connectivity index (χ1n) is 8.23. The van der Waals surface area contributed by atoms with Crippen LogP contribution in [-0.4, -0.2) is 40.2 Å². The number of esters is 1. The van der Waals surface area contributed by atoms with Gasteiger partial charge in [0, 0.05) is 16.9 Å². The number of rotatable bonds is 8. The van der Waals surface area contributed by atoms with Crippen molar-refractivity contribution in [2.24, 2.45) is 0 Å². The molecule has 0 aliphatic carbocycles. The highest BCUT2D eigenvalue weighted by Crippen LogP contribution is 2.41. The van der Waals surface area contributed by atoms with Crippen molar-refractivity contribution in [2.45, 2.75) is 13.3 Å². The fourth-order valence-electron chi connectivity index (χ4n) is 2.66. The molecular weight excluding hydrogens is 479 g/mol. The third-order valence-corrected chi connectivity index (χ3v) is 4.95. The van der Waals surface area contributed by atoms with Crippen LogP contribution in [0.5, 0.6) is 28.7 Å². The lowest BCUT2D eigenvalue weighted by molar-refractivity contribution is -0.132. The highest BCUT2D eigenvalue weighted by molar-refractivity contribution is 14.1. The van der Waals surface area contributed by atoms with Crippen molar-refractivity contribution in [3.05, 3.63) is 39.0 Å². The highest BCUT2D eigenvalue weighted by atomic mass is 127. The highest BCUT2D eigenvalue weighted by Gasteiger charge is 2.23. The van der Waals surface area contributed by atoms with Crippen LogP contribution >= 0.6 is 22.6 Å². The molecule has 0 aliphatic heterocycles. The van der Waals surface area contributed by atoms with Crippen LogP contribution in [-0.2, 0) is 11.2 Å². The van der Waals surface area contributed by atoms with Gasteiger partial charge in [-0.15, -0.1) is 0 Å². The van der Waals surface area contributed by atoms with Crippen molar-refractivity contribution in [1.29, 1.82) is 0 Å². The molecule has 0 atom stereocenters. The number of carbonyl (C=O) groups is 2. The van der Waals surface area contributed by atoms with E-state index in [0.29, 0.717) is 17.2 Å². The Balaban J connectivity index is 2.48. The SMILES string of the molecule is COc1cc(I)c(CC(=O)c2ccc(OC)c(OC)c2OC(C)=O)cc1OC. The van der Waals surface area contributed by atoms with Crippen LogP contribution < -0.4 is 23.7 Å². The molecule has 0 aromatic heterocycles. The second kappa shape index (κ2) is 9.63. The van der Waals surface area contributed by atoms with E-state index in [1.54, 1.807) is 31.4 Å². The zero-order valence-corrected chi connectivity index (χ0v) is 18.4. The number of methoxy groups -OCH3 is 4. The van der Waals surface area contributed by atoms with Gasteiger partial charge >= 0.3 is 5.97 Å². The molecule has 150 valence electrons. The molecule has 2 aromatic carbocycles. The monoisotopic (exact) mass is 500 g/mol. The van der Waals surface area contributed by atoms with Gasteiger partial charge < -0.3 is 23.7 Å². The Kier molecular flexibility index (Phi) is 7.50. The quantitative estimate of drug-likeness (QED) is 0.237. The fourth-order valence-corrected chi connectivity index (χ4v) is 3.29. The average Bonchev–Trinajstić information content (AvgIpc) is 2.67. The van der Waals surface area contributed by atoms with Gasteiger partial charge in [0.25, 0.3) is 0 Å². The summed E-state index contributed by atoms with van der Waals surface area (Å²) in [6.07, 6.45) is 0.0718. The first-order chi connectivity index (χ1) is 13.4. The molecule has 2 aromatic rings. The second-order valence-corrected chi connectivity index (χ2v) is 6.83. The Hall–Kier alpha value is -2.49. The minimum Gasteiger partial charge on any atom is -0.493 e. The molecule has 0 saturated carbocycles. The molecular formula is C20H21IO7. The van der Waals surface area contributed by atoms with E-state index in [0.717, 1.165) is 9.13 Å². The lowest BCUT2D eigenvalue weighted by atomic mass is 10.0. The molecule has 2 rings (SSSR count). The lowest BCUT2D eigenvalue weighted by Gasteiger charge is -2.16. The number of ketones is 1. The van der Waals surface area contributed by atoms with Gasteiger partial charge in [0.1, 0.15) is 0 Å². The van der Waals surface area contributed by atoms with Crippen molar-refractivity contribution in [2.75, 3.05) is 28.4 Å². The molecule has 28 heavy (non-hydrogen) atoms. The van der Waals surface area contributed by atoms with E-state index in [1.807, 2.05) is 0 Å². The zero-order chi connectivity index (χ0) is 20.8. The molecule has 0 heterocycles. The molecule has 0 aliphatic rings. The predicted octanol–water partition coefficient (Wildman–Crippen LogP) is 3.68. The largest absolute Gasteiger partial charge is 0.493 e.